The fourth-order valence-electron chi connectivity index (χ4n) is 4.06. The first-order chi connectivity index (χ1) is 11.4. The van der Waals surface area contributed by atoms with Crippen LogP contribution in [0, 0.1) is 0 Å². The molecule has 5 heteroatoms. The third kappa shape index (κ3) is 2.38. The van der Waals surface area contributed by atoms with Gasteiger partial charge in [0.25, 0.3) is 0 Å². The first-order valence-electron chi connectivity index (χ1n) is 8.54. The van der Waals surface area contributed by atoms with E-state index in [1.54, 1.807) is 7.11 Å². The van der Waals surface area contributed by atoms with Crippen molar-refractivity contribution < 1.29 is 14.3 Å². The van der Waals surface area contributed by atoms with Crippen LogP contribution in [0.2, 0.25) is 0 Å². The van der Waals surface area contributed by atoms with Gasteiger partial charge in [-0.3, -0.25) is 4.90 Å². The van der Waals surface area contributed by atoms with E-state index in [-0.39, 0.29) is 12.0 Å². The Balaban J connectivity index is 1.83. The number of aromatic amines is 1. The minimum Gasteiger partial charge on any atom is -0.497 e. The van der Waals surface area contributed by atoms with Crippen molar-refractivity contribution in [3.63, 3.8) is 0 Å². The van der Waals surface area contributed by atoms with Crippen molar-refractivity contribution in [2.75, 3.05) is 20.2 Å². The van der Waals surface area contributed by atoms with Crippen molar-refractivity contribution in [2.45, 2.75) is 44.8 Å². The van der Waals surface area contributed by atoms with Gasteiger partial charge in [-0.1, -0.05) is 0 Å². The molecule has 24 heavy (non-hydrogen) atoms. The second kappa shape index (κ2) is 5.24. The third-order valence-corrected chi connectivity index (χ3v) is 4.97. The quantitative estimate of drug-likeness (QED) is 0.859. The van der Waals surface area contributed by atoms with Crippen LogP contribution < -0.4 is 4.74 Å². The maximum atomic E-state index is 12.9. The Labute approximate surface area is 141 Å². The van der Waals surface area contributed by atoms with E-state index in [0.29, 0.717) is 5.92 Å². The molecule has 2 bridgehead atoms. The van der Waals surface area contributed by atoms with Crippen LogP contribution in [0.4, 0.5) is 0 Å². The Kier molecular flexibility index (Phi) is 3.39. The molecule has 3 unspecified atom stereocenters. The average molecular weight is 328 g/mol. The molecule has 0 amide bonds. The van der Waals surface area contributed by atoms with Crippen LogP contribution in [0.1, 0.15) is 50.4 Å². The second-order valence-corrected chi connectivity index (χ2v) is 7.78. The lowest BCUT2D eigenvalue weighted by molar-refractivity contribution is -0.161. The fraction of sp³-hybridized carbons (Fsp3) is 0.526. The number of fused-ring (bicyclic) bond motifs is 6. The summed E-state index contributed by atoms with van der Waals surface area (Å²) < 4.78 is 11.1. The number of methoxy groups -OCH3 is 1. The number of nitrogens with one attached hydrogen (secondary N) is 1. The van der Waals surface area contributed by atoms with Gasteiger partial charge in [0.05, 0.1) is 7.11 Å². The highest BCUT2D eigenvalue weighted by Crippen LogP contribution is 2.46. The number of hydrogen-bond donors (Lipinski definition) is 1. The van der Waals surface area contributed by atoms with E-state index in [0.717, 1.165) is 36.5 Å². The maximum absolute atomic E-state index is 12.9. The van der Waals surface area contributed by atoms with Crippen molar-refractivity contribution in [1.29, 1.82) is 0 Å². The maximum Gasteiger partial charge on any atom is 0.330 e. The molecule has 1 saturated heterocycles. The van der Waals surface area contributed by atoms with Crippen LogP contribution >= 0.6 is 0 Å². The predicted molar refractivity (Wildman–Crippen MR) is 92.4 cm³/mol. The van der Waals surface area contributed by atoms with Crippen molar-refractivity contribution in [3.8, 4) is 5.75 Å². The lowest BCUT2D eigenvalue weighted by atomic mass is 9.90. The van der Waals surface area contributed by atoms with Gasteiger partial charge in [0.1, 0.15) is 17.4 Å². The van der Waals surface area contributed by atoms with Crippen molar-refractivity contribution >= 4 is 16.9 Å². The molecule has 128 valence electrons. The van der Waals surface area contributed by atoms with Gasteiger partial charge in [-0.25, -0.2) is 4.79 Å². The molecule has 1 fully saturated rings. The predicted octanol–water partition coefficient (Wildman–Crippen LogP) is 3.36. The van der Waals surface area contributed by atoms with E-state index in [2.05, 4.69) is 16.0 Å². The zero-order valence-corrected chi connectivity index (χ0v) is 14.7. The van der Waals surface area contributed by atoms with Crippen molar-refractivity contribution in [3.05, 3.63) is 29.5 Å². The number of carbonyl (C=O) groups is 1. The van der Waals surface area contributed by atoms with E-state index in [4.69, 9.17) is 9.47 Å². The summed E-state index contributed by atoms with van der Waals surface area (Å²) in [4.78, 5) is 18.6. The summed E-state index contributed by atoms with van der Waals surface area (Å²) in [7, 11) is 1.68. The van der Waals surface area contributed by atoms with Gasteiger partial charge < -0.3 is 14.5 Å². The molecule has 2 aromatic rings. The Morgan fingerprint density at radius 2 is 2.12 bits per heavy atom. The van der Waals surface area contributed by atoms with Gasteiger partial charge in [0, 0.05) is 29.1 Å². The summed E-state index contributed by atoms with van der Waals surface area (Å²) in [6, 6.07) is 5.72. The molecule has 4 rings (SSSR count). The smallest absolute Gasteiger partial charge is 0.330 e. The van der Waals surface area contributed by atoms with Crippen LogP contribution in [0.5, 0.6) is 5.75 Å². The summed E-state index contributed by atoms with van der Waals surface area (Å²) >= 11 is 0. The Bertz CT molecular complexity index is 803. The standard InChI is InChI=1S/C19H24N2O3/c1-19(2,3)24-18(22)17-16-15(11-7-8-21(17)10-11)13-9-12(23-4)5-6-14(13)20-16/h5-6,9,11,17,20H,7-8,10H2,1-4H3. The SMILES string of the molecule is COc1ccc2[nH]c3c(c2c1)C1CCN(C1)C3C(=O)OC(C)(C)C. The second-order valence-electron chi connectivity index (χ2n) is 7.78. The molecule has 1 N–H and O–H groups in total. The van der Waals surface area contributed by atoms with Crippen LogP contribution in [0.3, 0.4) is 0 Å². The van der Waals surface area contributed by atoms with Gasteiger partial charge in [-0.15, -0.1) is 0 Å². The third-order valence-electron chi connectivity index (χ3n) is 4.97. The summed E-state index contributed by atoms with van der Waals surface area (Å²) in [5.41, 5.74) is 2.85. The number of aromatic nitrogens is 1. The first kappa shape index (κ1) is 15.5. The highest BCUT2D eigenvalue weighted by Gasteiger charge is 2.45. The van der Waals surface area contributed by atoms with Crippen molar-refractivity contribution in [1.82, 2.24) is 9.88 Å². The molecule has 0 radical (unpaired) electrons. The fourth-order valence-corrected chi connectivity index (χ4v) is 4.06. The number of benzene rings is 1. The molecule has 0 aliphatic carbocycles. The van der Waals surface area contributed by atoms with E-state index in [1.807, 2.05) is 32.9 Å². The van der Waals surface area contributed by atoms with Gasteiger partial charge in [0.2, 0.25) is 0 Å². The molecule has 2 aliphatic rings. The van der Waals surface area contributed by atoms with Crippen LogP contribution in [-0.4, -0.2) is 41.7 Å². The summed E-state index contributed by atoms with van der Waals surface area (Å²) in [5, 5.41) is 1.17. The topological polar surface area (TPSA) is 54.6 Å². The van der Waals surface area contributed by atoms with Crippen LogP contribution in [0.15, 0.2) is 18.2 Å². The summed E-state index contributed by atoms with van der Waals surface area (Å²) in [6.07, 6.45) is 1.08. The van der Waals surface area contributed by atoms with Crippen molar-refractivity contribution in [2.24, 2.45) is 0 Å². The zero-order valence-electron chi connectivity index (χ0n) is 14.7. The molecule has 5 nitrogen and oxygen atoms in total. The lowest BCUT2D eigenvalue weighted by Crippen LogP contribution is -2.39. The largest absolute Gasteiger partial charge is 0.497 e. The minimum atomic E-state index is -0.483. The number of nitrogens with zero attached hydrogens (tertiary/aromatic N) is 1. The van der Waals surface area contributed by atoms with E-state index in [9.17, 15) is 4.79 Å². The number of carbonyl (C=O) groups excluding carboxylic acids is 1. The van der Waals surface area contributed by atoms with E-state index in [1.165, 1.54) is 10.9 Å². The van der Waals surface area contributed by atoms with E-state index >= 15 is 0 Å². The molecule has 0 saturated carbocycles. The monoisotopic (exact) mass is 328 g/mol. The van der Waals surface area contributed by atoms with Gasteiger partial charge in [0.15, 0.2) is 0 Å². The number of ether oxygens (including phenoxy) is 2. The highest BCUT2D eigenvalue weighted by atomic mass is 16.6. The normalized spacial score (nSPS) is 25.6. The molecule has 1 aromatic heterocycles. The number of esters is 1. The van der Waals surface area contributed by atoms with E-state index < -0.39 is 5.60 Å². The average Bonchev–Trinajstić information content (AvgIpc) is 3.07. The molecule has 0 spiro atoms. The van der Waals surface area contributed by atoms with Gasteiger partial charge >= 0.3 is 5.97 Å². The summed E-state index contributed by atoms with van der Waals surface area (Å²) in [6.45, 7) is 7.59. The number of rotatable bonds is 2. The van der Waals surface area contributed by atoms with Crippen LogP contribution in [-0.2, 0) is 9.53 Å². The molecule has 3 heterocycles. The Hall–Kier alpha value is -2.01. The zero-order chi connectivity index (χ0) is 17.1. The molecular formula is C19H24N2O3. The Morgan fingerprint density at radius 1 is 1.33 bits per heavy atom. The van der Waals surface area contributed by atoms with Crippen LogP contribution in [0.25, 0.3) is 10.9 Å². The number of H-pyrrole nitrogens is 1. The molecule has 1 aromatic carbocycles. The first-order valence-corrected chi connectivity index (χ1v) is 8.54. The van der Waals surface area contributed by atoms with Gasteiger partial charge in [-0.2, -0.15) is 0 Å². The molecule has 2 aliphatic heterocycles. The molecular weight excluding hydrogens is 304 g/mol. The number of hydrogen-bond acceptors (Lipinski definition) is 4. The molecule has 3 atom stereocenters. The minimum absolute atomic E-state index is 0.164. The van der Waals surface area contributed by atoms with Gasteiger partial charge in [-0.05, 0) is 57.5 Å². The summed E-state index contributed by atoms with van der Waals surface area (Å²) in [5.74, 6) is 1.15. The highest BCUT2D eigenvalue weighted by molar-refractivity contribution is 5.90. The Morgan fingerprint density at radius 3 is 2.83 bits per heavy atom. The lowest BCUT2D eigenvalue weighted by Gasteiger charge is -2.33.